The van der Waals surface area contributed by atoms with Crippen molar-refractivity contribution in [1.82, 2.24) is 0 Å². The van der Waals surface area contributed by atoms with Crippen LogP contribution in [0.1, 0.15) is 36.5 Å². The van der Waals surface area contributed by atoms with E-state index in [2.05, 4.69) is 39.8 Å². The van der Waals surface area contributed by atoms with Crippen molar-refractivity contribution < 1.29 is 0 Å². The van der Waals surface area contributed by atoms with Gasteiger partial charge in [0.2, 0.25) is 0 Å². The minimum atomic E-state index is 0.586. The predicted octanol–water partition coefficient (Wildman–Crippen LogP) is 3.01. The Morgan fingerprint density at radius 3 is 1.83 bits per heavy atom. The highest BCUT2D eigenvalue weighted by Gasteiger charge is 2.03. The van der Waals surface area contributed by atoms with Crippen LogP contribution in [0.2, 0.25) is 0 Å². The Labute approximate surface area is 74.6 Å². The van der Waals surface area contributed by atoms with Crippen LogP contribution < -0.4 is 5.73 Å². The lowest BCUT2D eigenvalue weighted by molar-refractivity contribution is 0.863. The van der Waals surface area contributed by atoms with Crippen LogP contribution in [0.15, 0.2) is 12.1 Å². The summed E-state index contributed by atoms with van der Waals surface area (Å²) in [5.74, 6) is 0.586. The summed E-state index contributed by atoms with van der Waals surface area (Å²) < 4.78 is 0. The van der Waals surface area contributed by atoms with Gasteiger partial charge in [-0.25, -0.2) is 0 Å². The van der Waals surface area contributed by atoms with Gasteiger partial charge in [0.1, 0.15) is 0 Å². The molecule has 1 aromatic carbocycles. The fourth-order valence-corrected chi connectivity index (χ4v) is 1.34. The van der Waals surface area contributed by atoms with Crippen LogP contribution >= 0.6 is 0 Å². The molecule has 0 saturated carbocycles. The molecule has 1 rings (SSSR count). The van der Waals surface area contributed by atoms with E-state index in [0.29, 0.717) is 5.92 Å². The second kappa shape index (κ2) is 3.18. The average molecular weight is 163 g/mol. The van der Waals surface area contributed by atoms with Crippen molar-refractivity contribution in [3.8, 4) is 0 Å². The van der Waals surface area contributed by atoms with Crippen LogP contribution in [-0.2, 0) is 0 Å². The largest absolute Gasteiger partial charge is 0.398 e. The summed E-state index contributed by atoms with van der Waals surface area (Å²) in [6.45, 7) is 8.53. The quantitative estimate of drug-likeness (QED) is 0.633. The fourth-order valence-electron chi connectivity index (χ4n) is 1.34. The molecule has 2 N–H and O–H groups in total. The van der Waals surface area contributed by atoms with Crippen LogP contribution in [0.25, 0.3) is 0 Å². The summed E-state index contributed by atoms with van der Waals surface area (Å²) >= 11 is 0. The lowest BCUT2D eigenvalue weighted by Crippen LogP contribution is -1.97. The van der Waals surface area contributed by atoms with Crippen molar-refractivity contribution in [3.63, 3.8) is 0 Å². The summed E-state index contributed by atoms with van der Waals surface area (Å²) in [7, 11) is 0. The first kappa shape index (κ1) is 9.11. The molecule has 0 saturated heterocycles. The first-order chi connectivity index (χ1) is 5.52. The molecular weight excluding hydrogens is 146 g/mol. The van der Waals surface area contributed by atoms with Crippen LogP contribution in [0.3, 0.4) is 0 Å². The molecule has 0 aromatic heterocycles. The van der Waals surface area contributed by atoms with E-state index in [9.17, 15) is 0 Å². The Morgan fingerprint density at radius 2 is 1.50 bits per heavy atom. The number of hydrogen-bond donors (Lipinski definition) is 1. The molecule has 66 valence electrons. The number of nitrogens with two attached hydrogens (primary N) is 1. The number of benzene rings is 1. The maximum Gasteiger partial charge on any atom is 0.0373 e. The fraction of sp³-hybridized carbons (Fsp3) is 0.455. The van der Waals surface area contributed by atoms with E-state index < -0.39 is 0 Å². The minimum Gasteiger partial charge on any atom is -0.398 e. The van der Waals surface area contributed by atoms with Gasteiger partial charge < -0.3 is 5.73 Å². The summed E-state index contributed by atoms with van der Waals surface area (Å²) in [6, 6.07) is 4.35. The van der Waals surface area contributed by atoms with E-state index in [-0.39, 0.29) is 0 Å². The molecule has 1 heteroatoms. The second-order valence-electron chi connectivity index (χ2n) is 3.72. The zero-order valence-corrected chi connectivity index (χ0v) is 8.31. The highest BCUT2D eigenvalue weighted by molar-refractivity contribution is 5.54. The SMILES string of the molecule is Cc1cc(C(C)C)cc(C)c1N. The molecule has 0 atom stereocenters. The van der Waals surface area contributed by atoms with Crippen LogP contribution in [0, 0.1) is 13.8 Å². The molecule has 0 unspecified atom stereocenters. The molecule has 0 fully saturated rings. The van der Waals surface area contributed by atoms with E-state index in [1.165, 1.54) is 16.7 Å². The number of anilines is 1. The highest BCUT2D eigenvalue weighted by Crippen LogP contribution is 2.23. The number of aryl methyl sites for hydroxylation is 2. The Bertz CT molecular complexity index is 264. The molecule has 0 spiro atoms. The lowest BCUT2D eigenvalue weighted by Gasteiger charge is -2.10. The Morgan fingerprint density at radius 1 is 1.08 bits per heavy atom. The van der Waals surface area contributed by atoms with Crippen molar-refractivity contribution in [1.29, 1.82) is 0 Å². The van der Waals surface area contributed by atoms with Gasteiger partial charge in [-0.1, -0.05) is 26.0 Å². The van der Waals surface area contributed by atoms with E-state index >= 15 is 0 Å². The first-order valence-corrected chi connectivity index (χ1v) is 4.39. The summed E-state index contributed by atoms with van der Waals surface area (Å²) in [4.78, 5) is 0. The Hall–Kier alpha value is -0.980. The first-order valence-electron chi connectivity index (χ1n) is 4.39. The van der Waals surface area contributed by atoms with E-state index in [1.807, 2.05) is 0 Å². The maximum absolute atomic E-state index is 5.85. The molecule has 0 aliphatic carbocycles. The van der Waals surface area contributed by atoms with Gasteiger partial charge >= 0.3 is 0 Å². The van der Waals surface area contributed by atoms with Crippen LogP contribution in [0.4, 0.5) is 5.69 Å². The molecule has 1 nitrogen and oxygen atoms in total. The van der Waals surface area contributed by atoms with Gasteiger partial charge in [0.05, 0.1) is 0 Å². The zero-order valence-electron chi connectivity index (χ0n) is 8.31. The second-order valence-corrected chi connectivity index (χ2v) is 3.72. The molecule has 0 amide bonds. The average Bonchev–Trinajstić information content (AvgIpc) is 1.99. The normalized spacial score (nSPS) is 10.8. The molecule has 0 bridgehead atoms. The molecule has 12 heavy (non-hydrogen) atoms. The van der Waals surface area contributed by atoms with Crippen molar-refractivity contribution in [2.24, 2.45) is 0 Å². The molecule has 0 aliphatic rings. The van der Waals surface area contributed by atoms with Crippen molar-refractivity contribution in [3.05, 3.63) is 28.8 Å². The summed E-state index contributed by atoms with van der Waals surface area (Å²) in [5, 5.41) is 0. The monoisotopic (exact) mass is 163 g/mol. The highest BCUT2D eigenvalue weighted by atomic mass is 14.6. The standard InChI is InChI=1S/C11H17N/c1-7(2)10-5-8(3)11(12)9(4)6-10/h5-7H,12H2,1-4H3. The van der Waals surface area contributed by atoms with Gasteiger partial charge in [-0.3, -0.25) is 0 Å². The van der Waals surface area contributed by atoms with Gasteiger partial charge in [-0.2, -0.15) is 0 Å². The van der Waals surface area contributed by atoms with Crippen molar-refractivity contribution in [2.75, 3.05) is 5.73 Å². The molecular formula is C11H17N. The van der Waals surface area contributed by atoms with Crippen molar-refractivity contribution in [2.45, 2.75) is 33.6 Å². The van der Waals surface area contributed by atoms with E-state index in [4.69, 9.17) is 5.73 Å². The lowest BCUT2D eigenvalue weighted by atomic mass is 9.97. The number of hydrogen-bond acceptors (Lipinski definition) is 1. The Balaban J connectivity index is 3.21. The number of nitrogen functional groups attached to an aromatic ring is 1. The molecule has 0 radical (unpaired) electrons. The number of rotatable bonds is 1. The topological polar surface area (TPSA) is 26.0 Å². The van der Waals surface area contributed by atoms with E-state index in [0.717, 1.165) is 5.69 Å². The minimum absolute atomic E-state index is 0.586. The molecule has 0 heterocycles. The van der Waals surface area contributed by atoms with Crippen LogP contribution in [0.5, 0.6) is 0 Å². The zero-order chi connectivity index (χ0) is 9.30. The van der Waals surface area contributed by atoms with Gasteiger partial charge in [0.25, 0.3) is 0 Å². The predicted molar refractivity (Wildman–Crippen MR) is 54.4 cm³/mol. The smallest absolute Gasteiger partial charge is 0.0373 e. The maximum atomic E-state index is 5.85. The van der Waals surface area contributed by atoms with Gasteiger partial charge in [-0.05, 0) is 36.5 Å². The molecule has 1 aromatic rings. The summed E-state index contributed by atoms with van der Waals surface area (Å²) in [5.41, 5.74) is 10.5. The van der Waals surface area contributed by atoms with Gasteiger partial charge in [0, 0.05) is 5.69 Å². The van der Waals surface area contributed by atoms with Crippen molar-refractivity contribution >= 4 is 5.69 Å². The van der Waals surface area contributed by atoms with Gasteiger partial charge in [-0.15, -0.1) is 0 Å². The molecule has 0 aliphatic heterocycles. The third-order valence-electron chi connectivity index (χ3n) is 2.28. The van der Waals surface area contributed by atoms with Crippen LogP contribution in [-0.4, -0.2) is 0 Å². The third kappa shape index (κ3) is 1.60. The Kier molecular flexibility index (Phi) is 2.41. The van der Waals surface area contributed by atoms with Gasteiger partial charge in [0.15, 0.2) is 0 Å². The van der Waals surface area contributed by atoms with E-state index in [1.54, 1.807) is 0 Å². The summed E-state index contributed by atoms with van der Waals surface area (Å²) in [6.07, 6.45) is 0. The third-order valence-corrected chi connectivity index (χ3v) is 2.28.